The van der Waals surface area contributed by atoms with Crippen molar-refractivity contribution in [1.82, 2.24) is 9.62 Å². The lowest BCUT2D eigenvalue weighted by atomic mass is 9.92. The predicted molar refractivity (Wildman–Crippen MR) is 110 cm³/mol. The molecule has 3 unspecified atom stereocenters. The van der Waals surface area contributed by atoms with E-state index >= 15 is 0 Å². The van der Waals surface area contributed by atoms with Crippen LogP contribution in [0.1, 0.15) is 31.2 Å². The van der Waals surface area contributed by atoms with Gasteiger partial charge in [-0.15, -0.1) is 0 Å². The van der Waals surface area contributed by atoms with E-state index in [9.17, 15) is 13.2 Å². The highest BCUT2D eigenvalue weighted by atomic mass is 32.2. The first-order chi connectivity index (χ1) is 13.3. The van der Waals surface area contributed by atoms with Crippen LogP contribution < -0.4 is 4.72 Å². The molecule has 1 amide bonds. The molecular formula is C22H26N2O3S. The number of amides is 1. The molecule has 2 aliphatic rings. The molecular weight excluding hydrogens is 372 g/mol. The number of sulfonamides is 1. The van der Waals surface area contributed by atoms with Gasteiger partial charge in [0.1, 0.15) is 0 Å². The van der Waals surface area contributed by atoms with Crippen molar-refractivity contribution in [2.75, 3.05) is 19.3 Å². The summed E-state index contributed by atoms with van der Waals surface area (Å²) >= 11 is 0. The molecule has 1 heterocycles. The van der Waals surface area contributed by atoms with Gasteiger partial charge in [0.15, 0.2) is 0 Å². The minimum absolute atomic E-state index is 0.137. The molecule has 4 rings (SSSR count). The highest BCUT2D eigenvalue weighted by Crippen LogP contribution is 2.61. The van der Waals surface area contributed by atoms with E-state index in [2.05, 4.69) is 29.0 Å². The number of carbonyl (C=O) groups excluding carboxylic acids is 1. The average molecular weight is 399 g/mol. The molecule has 28 heavy (non-hydrogen) atoms. The Kier molecular flexibility index (Phi) is 4.79. The molecule has 5 nitrogen and oxygen atoms in total. The Balaban J connectivity index is 1.51. The Morgan fingerprint density at radius 2 is 1.79 bits per heavy atom. The molecule has 0 aromatic heterocycles. The molecule has 0 bridgehead atoms. The minimum Gasteiger partial charge on any atom is -0.341 e. The van der Waals surface area contributed by atoms with E-state index in [0.29, 0.717) is 19.5 Å². The van der Waals surface area contributed by atoms with Crippen LogP contribution in [0.4, 0.5) is 0 Å². The van der Waals surface area contributed by atoms with Crippen molar-refractivity contribution in [3.05, 3.63) is 60.2 Å². The third kappa shape index (κ3) is 3.71. The van der Waals surface area contributed by atoms with Crippen LogP contribution in [-0.4, -0.2) is 44.6 Å². The molecule has 1 saturated heterocycles. The van der Waals surface area contributed by atoms with Crippen molar-refractivity contribution < 1.29 is 13.2 Å². The molecule has 1 aliphatic carbocycles. The number of benzene rings is 2. The summed E-state index contributed by atoms with van der Waals surface area (Å²) < 4.78 is 25.6. The maximum absolute atomic E-state index is 13.2. The van der Waals surface area contributed by atoms with E-state index in [-0.39, 0.29) is 17.9 Å². The molecule has 1 saturated carbocycles. The molecule has 148 valence electrons. The lowest BCUT2D eigenvalue weighted by Crippen LogP contribution is -2.40. The van der Waals surface area contributed by atoms with Crippen molar-refractivity contribution in [3.8, 4) is 11.1 Å². The molecule has 2 aromatic rings. The van der Waals surface area contributed by atoms with E-state index in [4.69, 9.17) is 0 Å². The van der Waals surface area contributed by atoms with Crippen LogP contribution in [0.5, 0.6) is 0 Å². The molecule has 1 N–H and O–H groups in total. The minimum atomic E-state index is -3.25. The van der Waals surface area contributed by atoms with Gasteiger partial charge in [-0.05, 0) is 35.4 Å². The van der Waals surface area contributed by atoms with Crippen LogP contribution in [0.15, 0.2) is 54.6 Å². The van der Waals surface area contributed by atoms with E-state index < -0.39 is 15.4 Å². The maximum Gasteiger partial charge on any atom is 0.229 e. The van der Waals surface area contributed by atoms with Gasteiger partial charge in [-0.25, -0.2) is 13.1 Å². The summed E-state index contributed by atoms with van der Waals surface area (Å²) in [5, 5.41) is 0. The van der Waals surface area contributed by atoms with Gasteiger partial charge in [0.2, 0.25) is 15.9 Å². The maximum atomic E-state index is 13.2. The Labute approximate surface area is 166 Å². The summed E-state index contributed by atoms with van der Waals surface area (Å²) in [6.45, 7) is 3.10. The summed E-state index contributed by atoms with van der Waals surface area (Å²) in [7, 11) is -3.25. The molecule has 2 aromatic carbocycles. The van der Waals surface area contributed by atoms with Gasteiger partial charge in [0.05, 0.1) is 11.7 Å². The molecule has 1 aliphatic heterocycles. The first kappa shape index (κ1) is 19.2. The van der Waals surface area contributed by atoms with Crippen molar-refractivity contribution in [3.63, 3.8) is 0 Å². The average Bonchev–Trinajstić information content (AvgIpc) is 3.16. The van der Waals surface area contributed by atoms with Crippen molar-refractivity contribution in [2.24, 2.45) is 5.41 Å². The van der Waals surface area contributed by atoms with E-state index in [1.807, 2.05) is 42.2 Å². The molecule has 3 atom stereocenters. The summed E-state index contributed by atoms with van der Waals surface area (Å²) in [5.41, 5.74) is 3.15. The second-order valence-corrected chi connectivity index (χ2v) is 10.0. The Bertz CT molecular complexity index is 990. The van der Waals surface area contributed by atoms with Crippen LogP contribution >= 0.6 is 0 Å². The zero-order valence-electron chi connectivity index (χ0n) is 16.3. The first-order valence-corrected chi connectivity index (χ1v) is 11.6. The van der Waals surface area contributed by atoms with Gasteiger partial charge in [-0.1, -0.05) is 61.5 Å². The quantitative estimate of drug-likeness (QED) is 0.842. The molecule has 0 radical (unpaired) electrons. The summed E-state index contributed by atoms with van der Waals surface area (Å²) in [5.74, 6) is 0.330. The van der Waals surface area contributed by atoms with Gasteiger partial charge < -0.3 is 4.90 Å². The van der Waals surface area contributed by atoms with Crippen LogP contribution in [-0.2, 0) is 14.8 Å². The first-order valence-electron chi connectivity index (χ1n) is 9.69. The fraction of sp³-hybridized carbons (Fsp3) is 0.409. The number of hydrogen-bond donors (Lipinski definition) is 1. The lowest BCUT2D eigenvalue weighted by Gasteiger charge is -2.22. The normalized spacial score (nSPS) is 27.0. The second-order valence-electron chi connectivity index (χ2n) is 8.25. The number of carbonyl (C=O) groups is 1. The van der Waals surface area contributed by atoms with Crippen LogP contribution in [0, 0.1) is 5.41 Å². The van der Waals surface area contributed by atoms with E-state index in [0.717, 1.165) is 12.7 Å². The summed E-state index contributed by atoms with van der Waals surface area (Å²) in [6.07, 6.45) is 2.66. The third-order valence-electron chi connectivity index (χ3n) is 6.00. The van der Waals surface area contributed by atoms with Crippen LogP contribution in [0.2, 0.25) is 0 Å². The lowest BCUT2D eigenvalue weighted by molar-refractivity contribution is -0.135. The van der Waals surface area contributed by atoms with E-state index in [1.54, 1.807) is 0 Å². The number of nitrogens with zero attached hydrogens (tertiary/aromatic N) is 1. The smallest absolute Gasteiger partial charge is 0.229 e. The SMILES string of the molecule is CC1(C(=O)N2CCC(NS(C)(=O)=O)C2)CC1c1ccccc1-c1ccccc1. The van der Waals surface area contributed by atoms with Gasteiger partial charge in [0.25, 0.3) is 0 Å². The summed E-state index contributed by atoms with van der Waals surface area (Å²) in [4.78, 5) is 15.0. The largest absolute Gasteiger partial charge is 0.341 e. The number of hydrogen-bond acceptors (Lipinski definition) is 3. The third-order valence-corrected chi connectivity index (χ3v) is 6.76. The Morgan fingerprint density at radius 3 is 2.50 bits per heavy atom. The van der Waals surface area contributed by atoms with Crippen LogP contribution in [0.25, 0.3) is 11.1 Å². The van der Waals surface area contributed by atoms with Gasteiger partial charge in [-0.2, -0.15) is 0 Å². The Hall–Kier alpha value is -2.18. The second kappa shape index (κ2) is 7.01. The zero-order chi connectivity index (χ0) is 19.9. The van der Waals surface area contributed by atoms with Gasteiger partial charge >= 0.3 is 0 Å². The molecule has 2 fully saturated rings. The standard InChI is InChI=1S/C22H26N2O3S/c1-22(21(25)24-13-12-17(15-24)23-28(2,26)27)14-20(22)19-11-7-6-10-18(19)16-8-4-3-5-9-16/h3-11,17,20,23H,12-15H2,1-2H3. The zero-order valence-corrected chi connectivity index (χ0v) is 17.1. The monoisotopic (exact) mass is 398 g/mol. The summed E-state index contributed by atoms with van der Waals surface area (Å²) in [6, 6.07) is 18.4. The highest BCUT2D eigenvalue weighted by Gasteiger charge is 2.58. The fourth-order valence-corrected chi connectivity index (χ4v) is 5.24. The van der Waals surface area contributed by atoms with E-state index in [1.165, 1.54) is 16.7 Å². The predicted octanol–water partition coefficient (Wildman–Crippen LogP) is 3.00. The number of rotatable bonds is 5. The fourth-order valence-electron chi connectivity index (χ4n) is 4.44. The van der Waals surface area contributed by atoms with Crippen molar-refractivity contribution >= 4 is 15.9 Å². The Morgan fingerprint density at radius 1 is 1.11 bits per heavy atom. The highest BCUT2D eigenvalue weighted by molar-refractivity contribution is 7.88. The molecule has 6 heteroatoms. The topological polar surface area (TPSA) is 66.5 Å². The van der Waals surface area contributed by atoms with Gasteiger partial charge in [0, 0.05) is 19.1 Å². The number of nitrogens with one attached hydrogen (secondary N) is 1. The van der Waals surface area contributed by atoms with Gasteiger partial charge in [-0.3, -0.25) is 4.79 Å². The van der Waals surface area contributed by atoms with Crippen molar-refractivity contribution in [1.29, 1.82) is 0 Å². The molecule has 0 spiro atoms. The van der Waals surface area contributed by atoms with Crippen molar-refractivity contribution in [2.45, 2.75) is 31.7 Å². The van der Waals surface area contributed by atoms with Crippen LogP contribution in [0.3, 0.4) is 0 Å². The number of likely N-dealkylation sites (tertiary alicyclic amines) is 1.